The molecule has 3 rings (SSSR count). The lowest BCUT2D eigenvalue weighted by molar-refractivity contribution is 0.196. The molecule has 1 aliphatic heterocycles. The van der Waals surface area contributed by atoms with E-state index >= 15 is 0 Å². The first-order valence-electron chi connectivity index (χ1n) is 6.72. The predicted molar refractivity (Wildman–Crippen MR) is 72.9 cm³/mol. The first-order valence-corrected chi connectivity index (χ1v) is 6.72. The molecule has 19 heavy (non-hydrogen) atoms. The number of hydrogen-bond acceptors (Lipinski definition) is 3. The summed E-state index contributed by atoms with van der Waals surface area (Å²) in [7, 11) is 0. The minimum absolute atomic E-state index is 0.230. The second-order valence-corrected chi connectivity index (χ2v) is 5.11. The summed E-state index contributed by atoms with van der Waals surface area (Å²) in [5.41, 5.74) is 1.18. The third-order valence-electron chi connectivity index (χ3n) is 3.70. The molecule has 1 aromatic heterocycles. The van der Waals surface area contributed by atoms with E-state index in [1.165, 1.54) is 18.4 Å². The Morgan fingerprint density at radius 2 is 2.16 bits per heavy atom. The molecule has 0 bridgehead atoms. The highest BCUT2D eigenvalue weighted by atomic mass is 16.1. The molecule has 0 amide bonds. The van der Waals surface area contributed by atoms with E-state index in [-0.39, 0.29) is 5.69 Å². The highest BCUT2D eigenvalue weighted by molar-refractivity contribution is 5.20. The fraction of sp³-hybridized carbons (Fsp3) is 0.429. The maximum absolute atomic E-state index is 11.0. The standard InChI is InChI=1S/C14H18N4O/c19-14-15-13(16-17-14)10-18-8-4-7-12(9-18)11-5-2-1-3-6-11/h1-3,5-6,12H,4,7-10H2,(H2,15,16,17,19). The number of piperidine rings is 1. The van der Waals surface area contributed by atoms with Crippen LogP contribution in [0.3, 0.4) is 0 Å². The molecule has 1 aliphatic rings. The lowest BCUT2D eigenvalue weighted by Gasteiger charge is -2.32. The summed E-state index contributed by atoms with van der Waals surface area (Å²) in [6.45, 7) is 2.80. The van der Waals surface area contributed by atoms with Gasteiger partial charge in [0.1, 0.15) is 5.82 Å². The van der Waals surface area contributed by atoms with Crippen molar-refractivity contribution in [3.8, 4) is 0 Å². The van der Waals surface area contributed by atoms with Gasteiger partial charge in [0.2, 0.25) is 0 Å². The summed E-state index contributed by atoms with van der Waals surface area (Å²) in [5, 5.41) is 6.39. The van der Waals surface area contributed by atoms with E-state index in [2.05, 4.69) is 50.4 Å². The zero-order valence-electron chi connectivity index (χ0n) is 10.8. The monoisotopic (exact) mass is 258 g/mol. The third-order valence-corrected chi connectivity index (χ3v) is 3.70. The minimum Gasteiger partial charge on any atom is -0.295 e. The van der Waals surface area contributed by atoms with Gasteiger partial charge < -0.3 is 0 Å². The molecule has 5 heteroatoms. The zero-order valence-corrected chi connectivity index (χ0v) is 10.8. The van der Waals surface area contributed by atoms with E-state index in [1.54, 1.807) is 0 Å². The number of likely N-dealkylation sites (tertiary alicyclic amines) is 1. The lowest BCUT2D eigenvalue weighted by atomic mass is 9.91. The van der Waals surface area contributed by atoms with Crippen LogP contribution in [0.4, 0.5) is 0 Å². The van der Waals surface area contributed by atoms with Crippen molar-refractivity contribution >= 4 is 0 Å². The van der Waals surface area contributed by atoms with Crippen molar-refractivity contribution in [2.24, 2.45) is 0 Å². The molecule has 1 atom stereocenters. The van der Waals surface area contributed by atoms with Crippen LogP contribution in [0, 0.1) is 0 Å². The van der Waals surface area contributed by atoms with Gasteiger partial charge >= 0.3 is 5.69 Å². The minimum atomic E-state index is -0.230. The fourth-order valence-electron chi connectivity index (χ4n) is 2.79. The molecule has 1 saturated heterocycles. The molecule has 1 fully saturated rings. The Hall–Kier alpha value is -1.88. The average Bonchev–Trinajstić information content (AvgIpc) is 2.85. The highest BCUT2D eigenvalue weighted by Crippen LogP contribution is 2.26. The summed E-state index contributed by atoms with van der Waals surface area (Å²) in [4.78, 5) is 16.1. The largest absolute Gasteiger partial charge is 0.340 e. The number of H-pyrrole nitrogens is 2. The van der Waals surface area contributed by atoms with Gasteiger partial charge in [0.25, 0.3) is 0 Å². The Kier molecular flexibility index (Phi) is 3.46. The van der Waals surface area contributed by atoms with Crippen molar-refractivity contribution < 1.29 is 0 Å². The predicted octanol–water partition coefficient (Wildman–Crippen LogP) is 1.48. The summed E-state index contributed by atoms with van der Waals surface area (Å²) < 4.78 is 0. The Morgan fingerprint density at radius 3 is 2.89 bits per heavy atom. The summed E-state index contributed by atoms with van der Waals surface area (Å²) in [6, 6.07) is 10.6. The van der Waals surface area contributed by atoms with Crippen LogP contribution in [0.25, 0.3) is 0 Å². The molecular formula is C14H18N4O. The highest BCUT2D eigenvalue weighted by Gasteiger charge is 2.21. The van der Waals surface area contributed by atoms with Crippen LogP contribution in [-0.4, -0.2) is 33.2 Å². The quantitative estimate of drug-likeness (QED) is 0.876. The van der Waals surface area contributed by atoms with Crippen molar-refractivity contribution in [1.29, 1.82) is 0 Å². The van der Waals surface area contributed by atoms with E-state index in [9.17, 15) is 4.79 Å². The van der Waals surface area contributed by atoms with Gasteiger partial charge in [0.15, 0.2) is 0 Å². The van der Waals surface area contributed by atoms with Crippen LogP contribution >= 0.6 is 0 Å². The number of hydrogen-bond donors (Lipinski definition) is 2. The Morgan fingerprint density at radius 1 is 1.32 bits per heavy atom. The fourth-order valence-corrected chi connectivity index (χ4v) is 2.79. The van der Waals surface area contributed by atoms with Gasteiger partial charge in [-0.3, -0.25) is 9.88 Å². The molecule has 100 valence electrons. The molecule has 1 aromatic carbocycles. The Bertz CT molecular complexity index is 574. The summed E-state index contributed by atoms with van der Waals surface area (Å²) in [5.74, 6) is 1.30. The van der Waals surface area contributed by atoms with E-state index < -0.39 is 0 Å². The van der Waals surface area contributed by atoms with Gasteiger partial charge in [0.05, 0.1) is 6.54 Å². The number of nitrogens with one attached hydrogen (secondary N) is 2. The van der Waals surface area contributed by atoms with Crippen molar-refractivity contribution in [2.45, 2.75) is 25.3 Å². The van der Waals surface area contributed by atoms with Crippen molar-refractivity contribution in [2.75, 3.05) is 13.1 Å². The van der Waals surface area contributed by atoms with Crippen LogP contribution in [0.1, 0.15) is 30.1 Å². The zero-order chi connectivity index (χ0) is 13.1. The first kappa shape index (κ1) is 12.2. The molecular weight excluding hydrogens is 240 g/mol. The molecule has 0 radical (unpaired) electrons. The van der Waals surface area contributed by atoms with Gasteiger partial charge in [0, 0.05) is 6.54 Å². The van der Waals surface area contributed by atoms with E-state index in [1.807, 2.05) is 0 Å². The number of aromatic nitrogens is 3. The van der Waals surface area contributed by atoms with Crippen molar-refractivity contribution in [3.63, 3.8) is 0 Å². The van der Waals surface area contributed by atoms with Gasteiger partial charge in [-0.2, -0.15) is 5.10 Å². The summed E-state index contributed by atoms with van der Waals surface area (Å²) >= 11 is 0. The summed E-state index contributed by atoms with van der Waals surface area (Å²) in [6.07, 6.45) is 2.42. The second-order valence-electron chi connectivity index (χ2n) is 5.11. The van der Waals surface area contributed by atoms with Crippen LogP contribution in [0.2, 0.25) is 0 Å². The number of benzene rings is 1. The van der Waals surface area contributed by atoms with Crippen LogP contribution in [-0.2, 0) is 6.54 Å². The molecule has 1 unspecified atom stereocenters. The Balaban J connectivity index is 1.66. The lowest BCUT2D eigenvalue weighted by Crippen LogP contribution is -2.34. The first-order chi connectivity index (χ1) is 9.31. The number of nitrogens with zero attached hydrogens (tertiary/aromatic N) is 2. The second kappa shape index (κ2) is 5.40. The molecule has 5 nitrogen and oxygen atoms in total. The molecule has 0 saturated carbocycles. The third kappa shape index (κ3) is 2.93. The number of aromatic amines is 2. The molecule has 0 spiro atoms. The van der Waals surface area contributed by atoms with Crippen LogP contribution < -0.4 is 5.69 Å². The van der Waals surface area contributed by atoms with Crippen molar-refractivity contribution in [3.05, 3.63) is 52.2 Å². The molecule has 2 N–H and O–H groups in total. The van der Waals surface area contributed by atoms with Gasteiger partial charge in [-0.15, -0.1) is 0 Å². The topological polar surface area (TPSA) is 64.8 Å². The van der Waals surface area contributed by atoms with E-state index in [0.29, 0.717) is 12.5 Å². The van der Waals surface area contributed by atoms with Crippen LogP contribution in [0.15, 0.2) is 35.1 Å². The molecule has 0 aliphatic carbocycles. The number of rotatable bonds is 3. The maximum Gasteiger partial charge on any atom is 0.340 e. The maximum atomic E-state index is 11.0. The smallest absolute Gasteiger partial charge is 0.295 e. The van der Waals surface area contributed by atoms with Gasteiger partial charge in [-0.25, -0.2) is 9.89 Å². The molecule has 2 aromatic rings. The van der Waals surface area contributed by atoms with E-state index in [4.69, 9.17) is 0 Å². The van der Waals surface area contributed by atoms with Crippen molar-refractivity contribution in [1.82, 2.24) is 20.1 Å². The molecule has 2 heterocycles. The SMILES string of the molecule is O=c1[nH]nc(CN2CCCC(c3ccccc3)C2)[nH]1. The average molecular weight is 258 g/mol. The van der Waals surface area contributed by atoms with Gasteiger partial charge in [-0.1, -0.05) is 30.3 Å². The van der Waals surface area contributed by atoms with Gasteiger partial charge in [-0.05, 0) is 30.9 Å². The Labute approximate surface area is 111 Å². The van der Waals surface area contributed by atoms with E-state index in [0.717, 1.165) is 18.9 Å². The normalized spacial score (nSPS) is 20.5. The van der Waals surface area contributed by atoms with Crippen LogP contribution in [0.5, 0.6) is 0 Å².